The van der Waals surface area contributed by atoms with Crippen LogP contribution in [0, 0.1) is 0 Å². The zero-order chi connectivity index (χ0) is 36.8. The highest BCUT2D eigenvalue weighted by molar-refractivity contribution is 5.69. The largest absolute Gasteiger partial charge is 0.463 e. The van der Waals surface area contributed by atoms with Crippen LogP contribution >= 0.6 is 0 Å². The summed E-state index contributed by atoms with van der Waals surface area (Å²) in [6.45, 7) is 10.3. The van der Waals surface area contributed by atoms with Crippen molar-refractivity contribution in [1.82, 2.24) is 0 Å². The van der Waals surface area contributed by atoms with Gasteiger partial charge in [0, 0.05) is 48.5 Å². The first-order valence-corrected chi connectivity index (χ1v) is 15.4. The van der Waals surface area contributed by atoms with E-state index in [1.165, 1.54) is 0 Å². The van der Waals surface area contributed by atoms with Crippen molar-refractivity contribution < 1.29 is 85.7 Å². The molecule has 2 aliphatic rings. The number of carbonyl (C=O) groups is 7. The van der Waals surface area contributed by atoms with E-state index in [0.717, 1.165) is 48.5 Å². The van der Waals surface area contributed by atoms with Gasteiger partial charge in [-0.3, -0.25) is 33.6 Å². The molecule has 0 amide bonds. The van der Waals surface area contributed by atoms with Gasteiger partial charge in [-0.05, 0) is 12.8 Å². The summed E-state index contributed by atoms with van der Waals surface area (Å²) < 4.78 is 62.0. The fourth-order valence-electron chi connectivity index (χ4n) is 5.03. The van der Waals surface area contributed by atoms with Gasteiger partial charge in [-0.15, -0.1) is 6.58 Å². The van der Waals surface area contributed by atoms with Crippen LogP contribution in [0.4, 0.5) is 0 Å². The molecule has 49 heavy (non-hydrogen) atoms. The van der Waals surface area contributed by atoms with Crippen molar-refractivity contribution in [1.29, 1.82) is 0 Å². The van der Waals surface area contributed by atoms with Crippen LogP contribution < -0.4 is 0 Å². The number of rotatable bonds is 16. The van der Waals surface area contributed by atoms with Gasteiger partial charge in [-0.25, -0.2) is 0 Å². The molecule has 10 atom stereocenters. The summed E-state index contributed by atoms with van der Waals surface area (Å²) in [5, 5.41) is 0. The number of allylic oxidation sites excluding steroid dienone is 1. The Hall–Kier alpha value is -4.13. The predicted octanol–water partition coefficient (Wildman–Crippen LogP) is 0.589. The normalized spacial score (nSPS) is 29.4. The number of carbonyl (C=O) groups excluding carboxylic acids is 7. The fourth-order valence-corrected chi connectivity index (χ4v) is 5.03. The van der Waals surface area contributed by atoms with Crippen molar-refractivity contribution in [3.63, 3.8) is 0 Å². The SMILES string of the molecule is C=CCCCO[C@@H]1O[C@H](COC(C)=O)[C@@H](OC(C)=O)[C@H](OC(C)=O)[C@@H]1O[C@@H]1O[C@H](COC(C)=O)[C@@H](OC(C)=O)[C@H](OC(C)=O)[C@@H]1OC(C)=O. The van der Waals surface area contributed by atoms with E-state index < -0.39 is 116 Å². The molecule has 276 valence electrons. The maximum atomic E-state index is 12.4. The van der Waals surface area contributed by atoms with Crippen LogP contribution in [0.1, 0.15) is 61.3 Å². The van der Waals surface area contributed by atoms with Crippen molar-refractivity contribution in [2.75, 3.05) is 19.8 Å². The van der Waals surface area contributed by atoms with Crippen molar-refractivity contribution in [2.24, 2.45) is 0 Å². The maximum Gasteiger partial charge on any atom is 0.303 e. The molecule has 0 unspecified atom stereocenters. The zero-order valence-electron chi connectivity index (χ0n) is 28.4. The van der Waals surface area contributed by atoms with Crippen molar-refractivity contribution >= 4 is 41.8 Å². The maximum absolute atomic E-state index is 12.4. The van der Waals surface area contributed by atoms with Gasteiger partial charge in [0.15, 0.2) is 49.2 Å². The van der Waals surface area contributed by atoms with E-state index in [-0.39, 0.29) is 6.61 Å². The standard InChI is InChI=1S/C31H44O18/c1-9-10-11-12-39-30-28(26(44-19(6)36)24(42-17(4)34)22(47-30)13-40-15(2)32)49-31-29(46-21(8)38)27(45-20(7)37)25(43-18(5)35)23(48-31)14-41-16(3)33/h9,22-31H,1,10-14H2,2-8H3/t22-,23-,24-,25-,26+,27+,28+,29+,30-,31+/m1/s1. The molecule has 0 bridgehead atoms. The number of unbranched alkanes of at least 4 members (excludes halogenated alkanes) is 1. The predicted molar refractivity (Wildman–Crippen MR) is 159 cm³/mol. The minimum absolute atomic E-state index is 0.0421. The summed E-state index contributed by atoms with van der Waals surface area (Å²) in [5.74, 6) is -5.71. The second-order valence-electron chi connectivity index (χ2n) is 11.0. The highest BCUT2D eigenvalue weighted by Gasteiger charge is 2.57. The summed E-state index contributed by atoms with van der Waals surface area (Å²) >= 11 is 0. The third kappa shape index (κ3) is 13.4. The van der Waals surface area contributed by atoms with Gasteiger partial charge in [0.05, 0.1) is 6.61 Å². The van der Waals surface area contributed by atoms with Crippen LogP contribution in [0.15, 0.2) is 12.7 Å². The number of ether oxygens (including phenoxy) is 11. The van der Waals surface area contributed by atoms with Gasteiger partial charge in [0.1, 0.15) is 25.4 Å². The van der Waals surface area contributed by atoms with Crippen molar-refractivity contribution in [3.8, 4) is 0 Å². The minimum Gasteiger partial charge on any atom is -0.463 e. The number of hydrogen-bond acceptors (Lipinski definition) is 18. The summed E-state index contributed by atoms with van der Waals surface area (Å²) in [4.78, 5) is 84.8. The molecule has 0 aromatic rings. The lowest BCUT2D eigenvalue weighted by Crippen LogP contribution is -2.67. The van der Waals surface area contributed by atoms with Crippen molar-refractivity contribution in [2.45, 2.75) is 123 Å². The van der Waals surface area contributed by atoms with Crippen LogP contribution in [0.2, 0.25) is 0 Å². The molecule has 18 nitrogen and oxygen atoms in total. The lowest BCUT2D eigenvalue weighted by atomic mass is 9.96. The van der Waals surface area contributed by atoms with Gasteiger partial charge in [0.25, 0.3) is 0 Å². The molecule has 2 heterocycles. The molecule has 0 aliphatic carbocycles. The lowest BCUT2D eigenvalue weighted by Gasteiger charge is -2.48. The Morgan fingerprint density at radius 2 is 0.918 bits per heavy atom. The average molecular weight is 705 g/mol. The van der Waals surface area contributed by atoms with Crippen LogP contribution in [0.3, 0.4) is 0 Å². The van der Waals surface area contributed by atoms with Crippen LogP contribution in [0.5, 0.6) is 0 Å². The Balaban J connectivity index is 2.71. The van der Waals surface area contributed by atoms with Crippen LogP contribution in [0.25, 0.3) is 0 Å². The smallest absolute Gasteiger partial charge is 0.303 e. The van der Waals surface area contributed by atoms with Crippen LogP contribution in [-0.4, -0.2) is 123 Å². The summed E-state index contributed by atoms with van der Waals surface area (Å²) in [5.41, 5.74) is 0. The fraction of sp³-hybridized carbons (Fsp3) is 0.710. The van der Waals surface area contributed by atoms with E-state index in [2.05, 4.69) is 6.58 Å². The Kier molecular flexibility index (Phi) is 16.6. The number of hydrogen-bond donors (Lipinski definition) is 0. The molecular weight excluding hydrogens is 660 g/mol. The highest BCUT2D eigenvalue weighted by atomic mass is 16.8. The molecular formula is C31H44O18. The summed E-state index contributed by atoms with van der Waals surface area (Å²) in [7, 11) is 0. The molecule has 18 heteroatoms. The number of esters is 7. The molecule has 0 aromatic heterocycles. The van der Waals surface area contributed by atoms with Crippen molar-refractivity contribution in [3.05, 3.63) is 12.7 Å². The third-order valence-electron chi connectivity index (χ3n) is 6.72. The average Bonchev–Trinajstić information content (AvgIpc) is 2.97. The molecule has 0 aromatic carbocycles. The molecule has 0 radical (unpaired) electrons. The van der Waals surface area contributed by atoms with E-state index in [1.807, 2.05) is 0 Å². The second-order valence-corrected chi connectivity index (χ2v) is 11.0. The van der Waals surface area contributed by atoms with Gasteiger partial charge < -0.3 is 52.1 Å². The summed E-state index contributed by atoms with van der Waals surface area (Å²) in [6.07, 6.45) is -12.4. The van der Waals surface area contributed by atoms with Crippen LogP contribution in [-0.2, 0) is 85.7 Å². The Bertz CT molecular complexity index is 1200. The topological polar surface area (TPSA) is 221 Å². The molecule has 2 rings (SSSR count). The Labute approximate surface area is 282 Å². The quantitative estimate of drug-likeness (QED) is 0.0928. The van der Waals surface area contributed by atoms with Gasteiger partial charge in [0.2, 0.25) is 0 Å². The molecule has 2 saturated heterocycles. The summed E-state index contributed by atoms with van der Waals surface area (Å²) in [6, 6.07) is 0. The van der Waals surface area contributed by atoms with Gasteiger partial charge >= 0.3 is 41.8 Å². The van der Waals surface area contributed by atoms with E-state index in [0.29, 0.717) is 12.8 Å². The molecule has 2 fully saturated rings. The first kappa shape index (κ1) is 41.0. The van der Waals surface area contributed by atoms with E-state index in [4.69, 9.17) is 52.1 Å². The minimum atomic E-state index is -1.76. The molecule has 2 aliphatic heterocycles. The molecule has 0 spiro atoms. The van der Waals surface area contributed by atoms with Gasteiger partial charge in [-0.1, -0.05) is 6.08 Å². The molecule has 0 N–H and O–H groups in total. The third-order valence-corrected chi connectivity index (χ3v) is 6.72. The molecule has 0 saturated carbocycles. The first-order valence-electron chi connectivity index (χ1n) is 15.4. The Morgan fingerprint density at radius 3 is 1.33 bits per heavy atom. The van der Waals surface area contributed by atoms with E-state index >= 15 is 0 Å². The Morgan fingerprint density at radius 1 is 0.531 bits per heavy atom. The highest BCUT2D eigenvalue weighted by Crippen LogP contribution is 2.35. The van der Waals surface area contributed by atoms with E-state index in [1.54, 1.807) is 6.08 Å². The van der Waals surface area contributed by atoms with Gasteiger partial charge in [-0.2, -0.15) is 0 Å². The second kappa shape index (κ2) is 19.8. The lowest BCUT2D eigenvalue weighted by molar-refractivity contribution is -0.368. The first-order chi connectivity index (χ1) is 23.0. The monoisotopic (exact) mass is 704 g/mol. The zero-order valence-corrected chi connectivity index (χ0v) is 28.4. The van der Waals surface area contributed by atoms with E-state index in [9.17, 15) is 33.6 Å².